The lowest BCUT2D eigenvalue weighted by Crippen LogP contribution is -2.38. The molecule has 2 aromatic carbocycles. The van der Waals surface area contributed by atoms with Crippen LogP contribution in [0.15, 0.2) is 97.1 Å². The highest BCUT2D eigenvalue weighted by molar-refractivity contribution is 5.74. The van der Waals surface area contributed by atoms with E-state index in [1.165, 1.54) is 0 Å². The lowest BCUT2D eigenvalue weighted by atomic mass is 10.1. The Morgan fingerprint density at radius 2 is 0.925 bits per heavy atom. The molecule has 8 heteroatoms. The van der Waals surface area contributed by atoms with Crippen molar-refractivity contribution in [2.75, 3.05) is 0 Å². The molecule has 2 atom stereocenters. The average molecular weight is 539 g/mol. The molecule has 4 rings (SSSR count). The number of aromatic nitrogens is 2. The summed E-state index contributed by atoms with van der Waals surface area (Å²) in [5.74, 6) is -1.79. The zero-order valence-corrected chi connectivity index (χ0v) is 22.2. The lowest BCUT2D eigenvalue weighted by molar-refractivity contribution is -0.140. The van der Waals surface area contributed by atoms with E-state index < -0.39 is 24.0 Å². The summed E-state index contributed by atoms with van der Waals surface area (Å²) in [6.45, 7) is 0.704. The van der Waals surface area contributed by atoms with Gasteiger partial charge in [-0.2, -0.15) is 0 Å². The fourth-order valence-corrected chi connectivity index (χ4v) is 4.44. The summed E-state index contributed by atoms with van der Waals surface area (Å²) in [5.41, 5.74) is 5.27. The lowest BCUT2D eigenvalue weighted by Gasteiger charge is -2.15. The standard InChI is InChI=1S/C32H34N4O4/c37-31(38)29(19-23-9-3-1-4-10-23)33-21-27-15-7-13-25(35-27)17-18-26-14-8-16-28(36-26)22-34-30(32(39)40)20-24-11-5-2-6-12-24/h1-16,29-30,33-34H,17-22H2,(H,37,38)(H,39,40). The third-order valence-electron chi connectivity index (χ3n) is 6.59. The number of nitrogens with one attached hydrogen (secondary N) is 2. The quantitative estimate of drug-likeness (QED) is 0.180. The van der Waals surface area contributed by atoms with Gasteiger partial charge in [0.1, 0.15) is 12.1 Å². The zero-order chi connectivity index (χ0) is 28.2. The Labute approximate surface area is 234 Å². The second-order valence-corrected chi connectivity index (χ2v) is 9.66. The van der Waals surface area contributed by atoms with Gasteiger partial charge in [0.05, 0.1) is 11.4 Å². The van der Waals surface area contributed by atoms with Crippen LogP contribution in [0.25, 0.3) is 0 Å². The first-order valence-electron chi connectivity index (χ1n) is 13.4. The van der Waals surface area contributed by atoms with Crippen LogP contribution in [0.3, 0.4) is 0 Å². The Balaban J connectivity index is 1.29. The number of carbonyl (C=O) groups is 2. The Morgan fingerprint density at radius 3 is 1.30 bits per heavy atom. The summed E-state index contributed by atoms with van der Waals surface area (Å²) in [4.78, 5) is 32.9. The van der Waals surface area contributed by atoms with E-state index in [2.05, 4.69) is 10.6 Å². The largest absolute Gasteiger partial charge is 0.480 e. The average Bonchev–Trinajstić information content (AvgIpc) is 2.97. The first-order chi connectivity index (χ1) is 19.5. The molecule has 40 heavy (non-hydrogen) atoms. The number of carboxylic acid groups (broad SMARTS) is 2. The summed E-state index contributed by atoms with van der Waals surface area (Å²) >= 11 is 0. The molecular weight excluding hydrogens is 504 g/mol. The number of benzene rings is 2. The third kappa shape index (κ3) is 9.11. The number of hydrogen-bond donors (Lipinski definition) is 4. The fraction of sp³-hybridized carbons (Fsp3) is 0.250. The van der Waals surface area contributed by atoms with Gasteiger partial charge in [-0.1, -0.05) is 72.8 Å². The van der Waals surface area contributed by atoms with E-state index >= 15 is 0 Å². The molecule has 0 saturated carbocycles. The Kier molecular flexibility index (Phi) is 10.5. The van der Waals surface area contributed by atoms with Crippen LogP contribution in [0.4, 0.5) is 0 Å². The predicted molar refractivity (Wildman–Crippen MR) is 153 cm³/mol. The number of aliphatic carboxylic acids is 2. The molecule has 2 unspecified atom stereocenters. The van der Waals surface area contributed by atoms with Gasteiger partial charge in [0.2, 0.25) is 0 Å². The van der Waals surface area contributed by atoms with Gasteiger partial charge in [0.25, 0.3) is 0 Å². The molecular formula is C32H34N4O4. The highest BCUT2D eigenvalue weighted by Crippen LogP contribution is 2.09. The van der Waals surface area contributed by atoms with E-state index in [0.29, 0.717) is 38.8 Å². The number of pyridine rings is 2. The SMILES string of the molecule is O=C(O)C(Cc1ccccc1)NCc1cccc(CCc2cccc(CNC(Cc3ccccc3)C(=O)O)n2)n1. The maximum Gasteiger partial charge on any atom is 0.321 e. The number of nitrogens with zero attached hydrogens (tertiary/aromatic N) is 2. The molecule has 0 fully saturated rings. The van der Waals surface area contributed by atoms with E-state index in [1.807, 2.05) is 97.1 Å². The molecule has 0 aliphatic carbocycles. The van der Waals surface area contributed by atoms with Crippen molar-refractivity contribution < 1.29 is 19.8 Å². The summed E-state index contributed by atoms with van der Waals surface area (Å²) < 4.78 is 0. The van der Waals surface area contributed by atoms with E-state index in [-0.39, 0.29) is 0 Å². The van der Waals surface area contributed by atoms with Crippen molar-refractivity contribution in [1.82, 2.24) is 20.6 Å². The number of hydrogen-bond acceptors (Lipinski definition) is 6. The molecule has 2 heterocycles. The van der Waals surface area contributed by atoms with Gasteiger partial charge in [0, 0.05) is 24.5 Å². The molecule has 206 valence electrons. The molecule has 8 nitrogen and oxygen atoms in total. The van der Waals surface area contributed by atoms with Crippen molar-refractivity contribution in [3.8, 4) is 0 Å². The number of carboxylic acids is 2. The smallest absolute Gasteiger partial charge is 0.321 e. The van der Waals surface area contributed by atoms with Crippen LogP contribution < -0.4 is 10.6 Å². The maximum atomic E-state index is 11.8. The summed E-state index contributed by atoms with van der Waals surface area (Å²) in [7, 11) is 0. The molecule has 0 saturated heterocycles. The molecule has 4 N–H and O–H groups in total. The molecule has 0 spiro atoms. The molecule has 0 bridgehead atoms. The highest BCUT2D eigenvalue weighted by Gasteiger charge is 2.18. The second-order valence-electron chi connectivity index (χ2n) is 9.66. The maximum absolute atomic E-state index is 11.8. The van der Waals surface area contributed by atoms with Gasteiger partial charge in [-0.15, -0.1) is 0 Å². The summed E-state index contributed by atoms with van der Waals surface area (Å²) in [6.07, 6.45) is 2.14. The minimum atomic E-state index is -0.893. The number of aryl methyl sites for hydroxylation is 2. The van der Waals surface area contributed by atoms with E-state index in [4.69, 9.17) is 9.97 Å². The summed E-state index contributed by atoms with van der Waals surface area (Å²) in [6, 6.07) is 29.2. The second kappa shape index (κ2) is 14.7. The van der Waals surface area contributed by atoms with Crippen molar-refractivity contribution in [3.05, 3.63) is 131 Å². The van der Waals surface area contributed by atoms with Crippen molar-refractivity contribution >= 4 is 11.9 Å². The van der Waals surface area contributed by atoms with Gasteiger partial charge in [-0.3, -0.25) is 30.2 Å². The first-order valence-corrected chi connectivity index (χ1v) is 13.4. The molecule has 0 aliphatic rings. The fourth-order valence-electron chi connectivity index (χ4n) is 4.44. The van der Waals surface area contributed by atoms with Gasteiger partial charge in [0.15, 0.2) is 0 Å². The topological polar surface area (TPSA) is 124 Å². The van der Waals surface area contributed by atoms with Gasteiger partial charge in [-0.25, -0.2) is 0 Å². The minimum Gasteiger partial charge on any atom is -0.480 e. The van der Waals surface area contributed by atoms with E-state index in [0.717, 1.165) is 33.9 Å². The normalized spacial score (nSPS) is 12.5. The van der Waals surface area contributed by atoms with Crippen molar-refractivity contribution in [3.63, 3.8) is 0 Å². The van der Waals surface area contributed by atoms with Gasteiger partial charge >= 0.3 is 11.9 Å². The molecule has 0 radical (unpaired) electrons. The minimum absolute atomic E-state index is 0.352. The van der Waals surface area contributed by atoms with Crippen LogP contribution in [0.1, 0.15) is 33.9 Å². The van der Waals surface area contributed by atoms with Crippen LogP contribution in [0, 0.1) is 0 Å². The van der Waals surface area contributed by atoms with Crippen molar-refractivity contribution in [2.24, 2.45) is 0 Å². The van der Waals surface area contributed by atoms with Crippen LogP contribution in [0.2, 0.25) is 0 Å². The van der Waals surface area contributed by atoms with Gasteiger partial charge < -0.3 is 10.2 Å². The Morgan fingerprint density at radius 1 is 0.550 bits per heavy atom. The molecule has 4 aromatic rings. The highest BCUT2D eigenvalue weighted by atomic mass is 16.4. The third-order valence-corrected chi connectivity index (χ3v) is 6.59. The predicted octanol–water partition coefficient (Wildman–Crippen LogP) is 3.83. The number of rotatable bonds is 15. The van der Waals surface area contributed by atoms with E-state index in [9.17, 15) is 19.8 Å². The van der Waals surface area contributed by atoms with Crippen LogP contribution in [0.5, 0.6) is 0 Å². The zero-order valence-electron chi connectivity index (χ0n) is 22.2. The van der Waals surface area contributed by atoms with Crippen LogP contribution >= 0.6 is 0 Å². The van der Waals surface area contributed by atoms with E-state index in [1.54, 1.807) is 0 Å². The van der Waals surface area contributed by atoms with Crippen LogP contribution in [-0.4, -0.2) is 44.2 Å². The first kappa shape index (κ1) is 28.6. The molecule has 2 aromatic heterocycles. The Bertz CT molecular complexity index is 1280. The summed E-state index contributed by atoms with van der Waals surface area (Å²) in [5, 5.41) is 25.5. The molecule has 0 amide bonds. The van der Waals surface area contributed by atoms with Crippen molar-refractivity contribution in [2.45, 2.75) is 50.9 Å². The van der Waals surface area contributed by atoms with Crippen molar-refractivity contribution in [1.29, 1.82) is 0 Å². The Hall–Kier alpha value is -4.40. The van der Waals surface area contributed by atoms with Crippen LogP contribution in [-0.2, 0) is 48.4 Å². The monoisotopic (exact) mass is 538 g/mol. The van der Waals surface area contributed by atoms with Gasteiger partial charge in [-0.05, 0) is 61.1 Å². The molecule has 0 aliphatic heterocycles.